The first kappa shape index (κ1) is 16.9. The number of aryl methyl sites for hydroxylation is 2. The summed E-state index contributed by atoms with van der Waals surface area (Å²) in [6, 6.07) is 4.47. The Bertz CT molecular complexity index is 516. The van der Waals surface area contributed by atoms with Gasteiger partial charge in [-0.2, -0.15) is 0 Å². The molecule has 1 amide bonds. The molecule has 1 fully saturated rings. The van der Waals surface area contributed by atoms with E-state index in [1.807, 2.05) is 19.9 Å². The predicted octanol–water partition coefficient (Wildman–Crippen LogP) is 4.22. The second-order valence-electron chi connectivity index (χ2n) is 6.66. The third kappa shape index (κ3) is 4.49. The number of rotatable bonds is 4. The van der Waals surface area contributed by atoms with Gasteiger partial charge >= 0.3 is 0 Å². The maximum Gasteiger partial charge on any atom is 0.260 e. The molecule has 1 aliphatic carbocycles. The molecule has 22 heavy (non-hydrogen) atoms. The summed E-state index contributed by atoms with van der Waals surface area (Å²) < 4.78 is 5.93. The molecule has 2 rings (SSSR count). The van der Waals surface area contributed by atoms with Crippen molar-refractivity contribution in [2.75, 3.05) is 0 Å². The van der Waals surface area contributed by atoms with Gasteiger partial charge in [-0.05, 0) is 63.3 Å². The van der Waals surface area contributed by atoms with Crippen molar-refractivity contribution in [3.63, 3.8) is 0 Å². The highest BCUT2D eigenvalue weighted by Gasteiger charge is 2.20. The fourth-order valence-corrected chi connectivity index (χ4v) is 3.11. The number of carbonyl (C=O) groups is 1. The lowest BCUT2D eigenvalue weighted by molar-refractivity contribution is -0.128. The minimum absolute atomic E-state index is 0.00505. The van der Waals surface area contributed by atoms with Crippen LogP contribution in [-0.4, -0.2) is 18.1 Å². The van der Waals surface area contributed by atoms with Crippen LogP contribution in [0.1, 0.15) is 62.1 Å². The summed E-state index contributed by atoms with van der Waals surface area (Å²) in [6.07, 6.45) is 6.76. The first-order chi connectivity index (χ1) is 10.5. The quantitative estimate of drug-likeness (QED) is 0.846. The second kappa shape index (κ2) is 7.66. The van der Waals surface area contributed by atoms with Crippen molar-refractivity contribution >= 4 is 5.91 Å². The van der Waals surface area contributed by atoms with Crippen LogP contribution in [0.2, 0.25) is 0 Å². The van der Waals surface area contributed by atoms with Gasteiger partial charge in [-0.25, -0.2) is 0 Å². The van der Waals surface area contributed by atoms with Gasteiger partial charge < -0.3 is 10.1 Å². The Morgan fingerprint density at radius 3 is 2.41 bits per heavy atom. The van der Waals surface area contributed by atoms with E-state index < -0.39 is 6.10 Å². The molecule has 1 aromatic carbocycles. The van der Waals surface area contributed by atoms with E-state index in [-0.39, 0.29) is 5.91 Å². The smallest absolute Gasteiger partial charge is 0.260 e. The average Bonchev–Trinajstić information content (AvgIpc) is 2.72. The molecular formula is C19H29NO2. The molecule has 3 nitrogen and oxygen atoms in total. The Morgan fingerprint density at radius 2 is 1.77 bits per heavy atom. The normalized spacial score (nSPS) is 17.6. The third-order valence-corrected chi connectivity index (χ3v) is 4.64. The first-order valence-electron chi connectivity index (χ1n) is 8.52. The highest BCUT2D eigenvalue weighted by molar-refractivity contribution is 5.81. The lowest BCUT2D eigenvalue weighted by Gasteiger charge is -2.21. The number of ether oxygens (including phenoxy) is 1. The van der Waals surface area contributed by atoms with Crippen molar-refractivity contribution in [2.45, 2.75) is 78.4 Å². The van der Waals surface area contributed by atoms with Crippen molar-refractivity contribution in [1.82, 2.24) is 5.32 Å². The van der Waals surface area contributed by atoms with E-state index in [9.17, 15) is 4.79 Å². The summed E-state index contributed by atoms with van der Waals surface area (Å²) in [5, 5.41) is 3.16. The summed E-state index contributed by atoms with van der Waals surface area (Å²) in [7, 11) is 0. The van der Waals surface area contributed by atoms with Crippen molar-refractivity contribution in [3.8, 4) is 5.75 Å². The number of hydrogen-bond acceptors (Lipinski definition) is 2. The minimum atomic E-state index is -0.455. The zero-order chi connectivity index (χ0) is 16.1. The Morgan fingerprint density at radius 1 is 1.14 bits per heavy atom. The first-order valence-corrected chi connectivity index (χ1v) is 8.52. The van der Waals surface area contributed by atoms with Crippen molar-refractivity contribution in [2.24, 2.45) is 0 Å². The molecule has 0 aliphatic heterocycles. The monoisotopic (exact) mass is 303 g/mol. The van der Waals surface area contributed by atoms with Crippen LogP contribution in [0.5, 0.6) is 5.75 Å². The maximum atomic E-state index is 12.4. The molecule has 1 N–H and O–H groups in total. The molecular weight excluding hydrogens is 274 g/mol. The lowest BCUT2D eigenvalue weighted by Crippen LogP contribution is -2.42. The van der Waals surface area contributed by atoms with Gasteiger partial charge in [0.2, 0.25) is 0 Å². The van der Waals surface area contributed by atoms with E-state index in [0.717, 1.165) is 29.7 Å². The highest BCUT2D eigenvalue weighted by atomic mass is 16.5. The van der Waals surface area contributed by atoms with Crippen LogP contribution in [0.4, 0.5) is 0 Å². The lowest BCUT2D eigenvalue weighted by atomic mass is 10.1. The van der Waals surface area contributed by atoms with Gasteiger partial charge in [0.05, 0.1) is 0 Å². The van der Waals surface area contributed by atoms with E-state index >= 15 is 0 Å². The van der Waals surface area contributed by atoms with Crippen LogP contribution in [0, 0.1) is 20.8 Å². The number of amides is 1. The van der Waals surface area contributed by atoms with E-state index in [1.165, 1.54) is 31.2 Å². The molecule has 0 radical (unpaired) electrons. The molecule has 1 atom stereocenters. The van der Waals surface area contributed by atoms with Gasteiger partial charge in [0.25, 0.3) is 5.91 Å². The number of hydrogen-bond donors (Lipinski definition) is 1. The summed E-state index contributed by atoms with van der Waals surface area (Å²) in [5.41, 5.74) is 3.47. The molecule has 0 heterocycles. The number of benzene rings is 1. The van der Waals surface area contributed by atoms with Crippen molar-refractivity contribution in [3.05, 3.63) is 28.8 Å². The Kier molecular flexibility index (Phi) is 5.87. The van der Waals surface area contributed by atoms with E-state index in [1.54, 1.807) is 0 Å². The fourth-order valence-electron chi connectivity index (χ4n) is 3.11. The number of nitrogens with one attached hydrogen (secondary N) is 1. The molecule has 0 bridgehead atoms. The molecule has 0 unspecified atom stereocenters. The van der Waals surface area contributed by atoms with Crippen LogP contribution in [0.25, 0.3) is 0 Å². The van der Waals surface area contributed by atoms with Crippen LogP contribution >= 0.6 is 0 Å². The summed E-state index contributed by atoms with van der Waals surface area (Å²) in [4.78, 5) is 12.4. The van der Waals surface area contributed by atoms with Gasteiger partial charge in [0.1, 0.15) is 5.75 Å². The van der Waals surface area contributed by atoms with E-state index in [0.29, 0.717) is 6.04 Å². The molecule has 0 spiro atoms. The number of carbonyl (C=O) groups excluding carboxylic acids is 1. The Labute approximate surface area is 134 Å². The molecule has 1 saturated carbocycles. The molecule has 0 saturated heterocycles. The van der Waals surface area contributed by atoms with Gasteiger partial charge in [-0.1, -0.05) is 31.7 Å². The Hall–Kier alpha value is -1.51. The molecule has 1 aliphatic rings. The van der Waals surface area contributed by atoms with Gasteiger partial charge in [-0.15, -0.1) is 0 Å². The molecule has 3 heteroatoms. The largest absolute Gasteiger partial charge is 0.481 e. The van der Waals surface area contributed by atoms with Gasteiger partial charge in [-0.3, -0.25) is 4.79 Å². The average molecular weight is 303 g/mol. The fraction of sp³-hybridized carbons (Fsp3) is 0.632. The summed E-state index contributed by atoms with van der Waals surface area (Å²) >= 11 is 0. The molecule has 1 aromatic rings. The third-order valence-electron chi connectivity index (χ3n) is 4.64. The minimum Gasteiger partial charge on any atom is -0.481 e. The standard InChI is InChI=1S/C19H29NO2/c1-13-11-14(2)15(3)18(12-13)22-16(4)19(21)20-17-9-7-5-6-8-10-17/h11-12,16-17H,5-10H2,1-4H3,(H,20,21)/t16-/m0/s1. The van der Waals surface area contributed by atoms with E-state index in [2.05, 4.69) is 25.2 Å². The summed E-state index contributed by atoms with van der Waals surface area (Å²) in [5.74, 6) is 0.825. The zero-order valence-electron chi connectivity index (χ0n) is 14.4. The highest BCUT2D eigenvalue weighted by Crippen LogP contribution is 2.24. The van der Waals surface area contributed by atoms with Gasteiger partial charge in [0.15, 0.2) is 6.10 Å². The van der Waals surface area contributed by atoms with Crippen LogP contribution in [0.15, 0.2) is 12.1 Å². The van der Waals surface area contributed by atoms with Crippen LogP contribution < -0.4 is 10.1 Å². The van der Waals surface area contributed by atoms with E-state index in [4.69, 9.17) is 4.74 Å². The van der Waals surface area contributed by atoms with Crippen molar-refractivity contribution < 1.29 is 9.53 Å². The predicted molar refractivity (Wildman–Crippen MR) is 90.4 cm³/mol. The SMILES string of the molecule is Cc1cc(C)c(C)c(O[C@@H](C)C(=O)NC2CCCCCC2)c1. The van der Waals surface area contributed by atoms with Gasteiger partial charge in [0, 0.05) is 6.04 Å². The zero-order valence-corrected chi connectivity index (χ0v) is 14.4. The summed E-state index contributed by atoms with van der Waals surface area (Å²) in [6.45, 7) is 8.00. The topological polar surface area (TPSA) is 38.3 Å². The molecule has 0 aromatic heterocycles. The van der Waals surface area contributed by atoms with Crippen LogP contribution in [-0.2, 0) is 4.79 Å². The van der Waals surface area contributed by atoms with Crippen molar-refractivity contribution in [1.29, 1.82) is 0 Å². The second-order valence-corrected chi connectivity index (χ2v) is 6.66. The Balaban J connectivity index is 1.96. The molecule has 122 valence electrons. The van der Waals surface area contributed by atoms with Crippen LogP contribution in [0.3, 0.4) is 0 Å². The maximum absolute atomic E-state index is 12.4.